The van der Waals surface area contributed by atoms with Crippen molar-refractivity contribution in [3.05, 3.63) is 35.6 Å². The Bertz CT molecular complexity index is 708. The minimum Gasteiger partial charge on any atom is -0.369 e. The van der Waals surface area contributed by atoms with Crippen LogP contribution in [-0.4, -0.2) is 51.5 Å². The van der Waals surface area contributed by atoms with Crippen molar-refractivity contribution in [2.24, 2.45) is 5.73 Å². The molecule has 1 atom stereocenters. The third-order valence-electron chi connectivity index (χ3n) is 4.17. The number of likely N-dealkylation sites (tertiary alicyclic amines) is 1. The smallest absolute Gasteiger partial charge is 0.240 e. The van der Waals surface area contributed by atoms with Crippen LogP contribution in [0.1, 0.15) is 18.5 Å². The maximum atomic E-state index is 12.2. The lowest BCUT2D eigenvalue weighted by molar-refractivity contribution is -0.127. The Morgan fingerprint density at radius 1 is 1.42 bits per heavy atom. The predicted molar refractivity (Wildman–Crippen MR) is 89.3 cm³/mol. The molecule has 1 fully saturated rings. The Kier molecular flexibility index (Phi) is 4.81. The monoisotopic (exact) mass is 346 g/mol. The van der Waals surface area contributed by atoms with Gasteiger partial charge < -0.3 is 5.73 Å². The molecule has 0 bridgehead atoms. The highest BCUT2D eigenvalue weighted by molar-refractivity contribution is 7.13. The summed E-state index contributed by atoms with van der Waals surface area (Å²) in [5.74, 6) is -0.594. The van der Waals surface area contributed by atoms with Crippen molar-refractivity contribution in [3.63, 3.8) is 0 Å². The molecule has 0 spiro atoms. The van der Waals surface area contributed by atoms with Gasteiger partial charge in [0.25, 0.3) is 0 Å². The zero-order chi connectivity index (χ0) is 17.0. The molecule has 8 nitrogen and oxygen atoms in total. The molecular weight excluding hydrogens is 328 g/mol. The number of nitrogens with one attached hydrogen (secondary N) is 1. The number of hydrogen-bond donors (Lipinski definition) is 2. The first-order valence-electron chi connectivity index (χ1n) is 7.60. The zero-order valence-electron chi connectivity index (χ0n) is 13.0. The standard InChI is InChI=1S/C15H18N6O2S/c16-13(23)15(11-4-1-2-6-17-11)5-3-7-21(9-15)8-12(22)19-14-20-18-10-24-14/h1-2,4,6,10H,3,5,7-9H2,(H2,16,23)(H,19,20,22)/t15-/m0/s1. The number of nitrogens with zero attached hydrogens (tertiary/aromatic N) is 4. The van der Waals surface area contributed by atoms with Gasteiger partial charge in [0.2, 0.25) is 16.9 Å². The Morgan fingerprint density at radius 3 is 2.96 bits per heavy atom. The first-order valence-corrected chi connectivity index (χ1v) is 8.48. The lowest BCUT2D eigenvalue weighted by Crippen LogP contribution is -2.55. The summed E-state index contributed by atoms with van der Waals surface area (Å²) < 4.78 is 0. The van der Waals surface area contributed by atoms with E-state index in [1.165, 1.54) is 11.3 Å². The van der Waals surface area contributed by atoms with Crippen LogP contribution in [-0.2, 0) is 15.0 Å². The van der Waals surface area contributed by atoms with E-state index in [0.717, 1.165) is 13.0 Å². The Balaban J connectivity index is 1.72. The fourth-order valence-electron chi connectivity index (χ4n) is 3.05. The van der Waals surface area contributed by atoms with Crippen molar-refractivity contribution in [1.29, 1.82) is 0 Å². The third-order valence-corrected chi connectivity index (χ3v) is 4.78. The van der Waals surface area contributed by atoms with Crippen LogP contribution >= 0.6 is 11.3 Å². The molecule has 1 aliphatic rings. The Hall–Kier alpha value is -2.39. The number of primary amides is 1. The van der Waals surface area contributed by atoms with Crippen LogP contribution in [0.3, 0.4) is 0 Å². The first-order chi connectivity index (χ1) is 11.6. The van der Waals surface area contributed by atoms with Gasteiger partial charge in [0.05, 0.1) is 12.2 Å². The number of pyridine rings is 1. The molecule has 1 saturated heterocycles. The van der Waals surface area contributed by atoms with Crippen molar-refractivity contribution < 1.29 is 9.59 Å². The summed E-state index contributed by atoms with van der Waals surface area (Å²) in [6.07, 6.45) is 3.06. The second-order valence-corrected chi connectivity index (χ2v) is 6.60. The molecule has 0 unspecified atom stereocenters. The number of anilines is 1. The summed E-state index contributed by atoms with van der Waals surface area (Å²) in [4.78, 5) is 30.6. The molecule has 0 saturated carbocycles. The van der Waals surface area contributed by atoms with Gasteiger partial charge in [-0.2, -0.15) is 0 Å². The van der Waals surface area contributed by atoms with Crippen LogP contribution in [0.2, 0.25) is 0 Å². The van der Waals surface area contributed by atoms with Gasteiger partial charge in [0.15, 0.2) is 0 Å². The van der Waals surface area contributed by atoms with Crippen LogP contribution in [0.4, 0.5) is 5.13 Å². The van der Waals surface area contributed by atoms with Gasteiger partial charge in [-0.05, 0) is 31.5 Å². The lowest BCUT2D eigenvalue weighted by atomic mass is 9.76. The number of piperidine rings is 1. The summed E-state index contributed by atoms with van der Waals surface area (Å²) in [7, 11) is 0. The second-order valence-electron chi connectivity index (χ2n) is 5.77. The van der Waals surface area contributed by atoms with Gasteiger partial charge in [0.1, 0.15) is 10.9 Å². The van der Waals surface area contributed by atoms with E-state index in [2.05, 4.69) is 20.5 Å². The van der Waals surface area contributed by atoms with Crippen LogP contribution in [0.5, 0.6) is 0 Å². The Labute approximate surface area is 143 Å². The topological polar surface area (TPSA) is 114 Å². The fraction of sp³-hybridized carbons (Fsp3) is 0.400. The van der Waals surface area contributed by atoms with E-state index < -0.39 is 11.3 Å². The number of hydrogen-bond acceptors (Lipinski definition) is 7. The van der Waals surface area contributed by atoms with Crippen molar-refractivity contribution in [2.45, 2.75) is 18.3 Å². The number of nitrogens with two attached hydrogens (primary N) is 1. The number of rotatable bonds is 5. The Morgan fingerprint density at radius 2 is 2.29 bits per heavy atom. The molecule has 2 aromatic rings. The summed E-state index contributed by atoms with van der Waals surface area (Å²) in [5.41, 5.74) is 7.07. The SMILES string of the molecule is NC(=O)[C@@]1(c2ccccn2)CCCN(CC(=O)Nc2nncs2)C1. The van der Waals surface area contributed by atoms with Crippen LogP contribution in [0, 0.1) is 0 Å². The van der Waals surface area contributed by atoms with Crippen molar-refractivity contribution in [1.82, 2.24) is 20.1 Å². The van der Waals surface area contributed by atoms with Crippen molar-refractivity contribution in [3.8, 4) is 0 Å². The highest BCUT2D eigenvalue weighted by Gasteiger charge is 2.43. The number of amides is 2. The first kappa shape index (κ1) is 16.5. The van der Waals surface area contributed by atoms with E-state index in [1.807, 2.05) is 17.0 Å². The van der Waals surface area contributed by atoms with Gasteiger partial charge in [-0.15, -0.1) is 10.2 Å². The fourth-order valence-corrected chi connectivity index (χ4v) is 3.51. The number of aromatic nitrogens is 3. The maximum absolute atomic E-state index is 12.2. The molecule has 3 N–H and O–H groups in total. The van der Waals surface area contributed by atoms with Gasteiger partial charge in [0, 0.05) is 12.7 Å². The predicted octanol–water partition coefficient (Wildman–Crippen LogP) is 0.391. The molecule has 2 amide bonds. The minimum absolute atomic E-state index is 0.168. The number of carbonyl (C=O) groups is 2. The van der Waals surface area contributed by atoms with Crippen LogP contribution in [0.25, 0.3) is 0 Å². The second kappa shape index (κ2) is 7.02. The molecule has 3 heterocycles. The van der Waals surface area contributed by atoms with Gasteiger partial charge >= 0.3 is 0 Å². The van der Waals surface area contributed by atoms with Gasteiger partial charge in [-0.1, -0.05) is 17.4 Å². The average molecular weight is 346 g/mol. The average Bonchev–Trinajstić information content (AvgIpc) is 3.08. The molecule has 0 radical (unpaired) electrons. The minimum atomic E-state index is -0.859. The normalized spacial score (nSPS) is 21.3. The molecule has 0 aliphatic carbocycles. The summed E-state index contributed by atoms with van der Waals surface area (Å²) in [5, 5.41) is 10.6. The third kappa shape index (κ3) is 3.41. The van der Waals surface area contributed by atoms with Gasteiger partial charge in [-0.25, -0.2) is 0 Å². The van der Waals surface area contributed by atoms with Crippen LogP contribution < -0.4 is 11.1 Å². The number of carbonyl (C=O) groups excluding carboxylic acids is 2. The molecule has 2 aromatic heterocycles. The summed E-state index contributed by atoms with van der Waals surface area (Å²) in [6, 6.07) is 5.46. The highest BCUT2D eigenvalue weighted by atomic mass is 32.1. The van der Waals surface area contributed by atoms with E-state index in [-0.39, 0.29) is 12.5 Å². The molecule has 0 aromatic carbocycles. The molecule has 126 valence electrons. The zero-order valence-corrected chi connectivity index (χ0v) is 13.8. The van der Waals surface area contributed by atoms with E-state index in [4.69, 9.17) is 5.73 Å². The molecule has 1 aliphatic heterocycles. The molecular formula is C15H18N6O2S. The molecule has 3 rings (SSSR count). The van der Waals surface area contributed by atoms with Crippen molar-refractivity contribution >= 4 is 28.3 Å². The lowest BCUT2D eigenvalue weighted by Gasteiger charge is -2.39. The molecule has 24 heavy (non-hydrogen) atoms. The van der Waals surface area contributed by atoms with E-state index >= 15 is 0 Å². The highest BCUT2D eigenvalue weighted by Crippen LogP contribution is 2.32. The molecule has 9 heteroatoms. The van der Waals surface area contributed by atoms with E-state index in [0.29, 0.717) is 23.8 Å². The van der Waals surface area contributed by atoms with Crippen molar-refractivity contribution in [2.75, 3.05) is 25.0 Å². The maximum Gasteiger partial charge on any atom is 0.240 e. The summed E-state index contributed by atoms with van der Waals surface area (Å²) >= 11 is 1.26. The van der Waals surface area contributed by atoms with Crippen LogP contribution in [0.15, 0.2) is 29.9 Å². The quantitative estimate of drug-likeness (QED) is 0.809. The largest absolute Gasteiger partial charge is 0.369 e. The van der Waals surface area contributed by atoms with E-state index in [9.17, 15) is 9.59 Å². The van der Waals surface area contributed by atoms with Gasteiger partial charge in [-0.3, -0.25) is 24.8 Å². The summed E-state index contributed by atoms with van der Waals surface area (Å²) in [6.45, 7) is 1.27. The van der Waals surface area contributed by atoms with E-state index in [1.54, 1.807) is 17.8 Å².